The lowest BCUT2D eigenvalue weighted by atomic mass is 9.99. The Bertz CT molecular complexity index is 872. The molecule has 1 aromatic heterocycles. The fraction of sp³-hybridized carbons (Fsp3) is 0.250. The molecule has 0 spiro atoms. The summed E-state index contributed by atoms with van der Waals surface area (Å²) < 4.78 is 0. The average Bonchev–Trinajstić information content (AvgIpc) is 3.03. The normalized spacial score (nSPS) is 13.8. The summed E-state index contributed by atoms with van der Waals surface area (Å²) >= 11 is 7.96. The lowest BCUT2D eigenvalue weighted by Crippen LogP contribution is -2.28. The van der Waals surface area contributed by atoms with Crippen LogP contribution in [0.4, 0.5) is 5.69 Å². The van der Waals surface area contributed by atoms with Gasteiger partial charge in [-0.05, 0) is 37.5 Å². The molecule has 1 aliphatic heterocycles. The fourth-order valence-corrected chi connectivity index (χ4v) is 4.43. The standard InChI is InChI=1S/C20H19ClN2S/c1-14-8-9-19-15(11-14)5-4-10-23(19)12-16-13-24-20(22-16)17-6-2-3-7-18(17)21/h2-3,6-9,11,13H,4-5,10,12H2,1H3. The maximum absolute atomic E-state index is 6.30. The molecule has 0 unspecified atom stereocenters. The molecular formula is C20H19ClN2S. The van der Waals surface area contributed by atoms with Gasteiger partial charge in [0.1, 0.15) is 5.01 Å². The number of nitrogens with zero attached hydrogens (tertiary/aromatic N) is 2. The van der Waals surface area contributed by atoms with Gasteiger partial charge in [0.25, 0.3) is 0 Å². The number of hydrogen-bond donors (Lipinski definition) is 0. The summed E-state index contributed by atoms with van der Waals surface area (Å²) in [5.74, 6) is 0. The molecule has 1 aliphatic rings. The Morgan fingerprint density at radius 3 is 2.96 bits per heavy atom. The summed E-state index contributed by atoms with van der Waals surface area (Å²) in [6, 6.07) is 14.7. The van der Waals surface area contributed by atoms with E-state index < -0.39 is 0 Å². The van der Waals surface area contributed by atoms with Crippen LogP contribution in [0.3, 0.4) is 0 Å². The number of anilines is 1. The smallest absolute Gasteiger partial charge is 0.125 e. The molecular weight excluding hydrogens is 336 g/mol. The third-order valence-corrected chi connectivity index (χ3v) is 5.71. The summed E-state index contributed by atoms with van der Waals surface area (Å²) in [6.07, 6.45) is 2.38. The highest BCUT2D eigenvalue weighted by Gasteiger charge is 2.18. The van der Waals surface area contributed by atoms with E-state index in [1.165, 1.54) is 29.7 Å². The van der Waals surface area contributed by atoms with E-state index >= 15 is 0 Å². The van der Waals surface area contributed by atoms with Gasteiger partial charge < -0.3 is 4.90 Å². The minimum Gasteiger partial charge on any atom is -0.365 e. The van der Waals surface area contributed by atoms with Crippen LogP contribution in [-0.2, 0) is 13.0 Å². The molecule has 4 rings (SSSR count). The van der Waals surface area contributed by atoms with Crippen molar-refractivity contribution in [1.82, 2.24) is 4.98 Å². The van der Waals surface area contributed by atoms with Crippen LogP contribution in [0.2, 0.25) is 5.02 Å². The second-order valence-electron chi connectivity index (χ2n) is 6.28. The second kappa shape index (κ2) is 6.58. The number of hydrogen-bond acceptors (Lipinski definition) is 3. The molecule has 0 fully saturated rings. The number of benzene rings is 2. The number of rotatable bonds is 3. The molecule has 0 radical (unpaired) electrons. The molecule has 0 bridgehead atoms. The van der Waals surface area contributed by atoms with Crippen LogP contribution >= 0.6 is 22.9 Å². The predicted octanol–water partition coefficient (Wildman–Crippen LogP) is 5.72. The highest BCUT2D eigenvalue weighted by atomic mass is 35.5. The lowest BCUT2D eigenvalue weighted by molar-refractivity contribution is 0.685. The van der Waals surface area contributed by atoms with Crippen LogP contribution < -0.4 is 4.90 Å². The Balaban J connectivity index is 1.59. The highest BCUT2D eigenvalue weighted by molar-refractivity contribution is 7.13. The summed E-state index contributed by atoms with van der Waals surface area (Å²) in [5, 5.41) is 3.91. The Hall–Kier alpha value is -1.84. The van der Waals surface area contributed by atoms with Crippen molar-refractivity contribution in [1.29, 1.82) is 0 Å². The Labute approximate surface area is 151 Å². The summed E-state index contributed by atoms with van der Waals surface area (Å²) in [7, 11) is 0. The molecule has 122 valence electrons. The van der Waals surface area contributed by atoms with Crippen molar-refractivity contribution in [2.75, 3.05) is 11.4 Å². The number of aromatic nitrogens is 1. The van der Waals surface area contributed by atoms with Gasteiger partial charge >= 0.3 is 0 Å². The summed E-state index contributed by atoms with van der Waals surface area (Å²) in [4.78, 5) is 7.27. The molecule has 2 nitrogen and oxygen atoms in total. The monoisotopic (exact) mass is 354 g/mol. The highest BCUT2D eigenvalue weighted by Crippen LogP contribution is 2.32. The van der Waals surface area contributed by atoms with Crippen molar-refractivity contribution in [3.8, 4) is 10.6 Å². The minimum atomic E-state index is 0.761. The van der Waals surface area contributed by atoms with Gasteiger partial charge in [0, 0.05) is 23.2 Å². The van der Waals surface area contributed by atoms with E-state index in [0.717, 1.165) is 34.4 Å². The van der Waals surface area contributed by atoms with Gasteiger partial charge in [-0.1, -0.05) is 47.5 Å². The Morgan fingerprint density at radius 2 is 2.08 bits per heavy atom. The topological polar surface area (TPSA) is 16.1 Å². The zero-order valence-electron chi connectivity index (χ0n) is 13.6. The van der Waals surface area contributed by atoms with E-state index in [9.17, 15) is 0 Å². The summed E-state index contributed by atoms with van der Waals surface area (Å²) in [5.41, 5.74) is 6.29. The van der Waals surface area contributed by atoms with E-state index in [1.807, 2.05) is 24.3 Å². The van der Waals surface area contributed by atoms with Gasteiger partial charge in [-0.15, -0.1) is 11.3 Å². The van der Waals surface area contributed by atoms with Gasteiger partial charge in [0.15, 0.2) is 0 Å². The van der Waals surface area contributed by atoms with Crippen molar-refractivity contribution < 1.29 is 0 Å². The third-order valence-electron chi connectivity index (χ3n) is 4.46. The quantitative estimate of drug-likeness (QED) is 0.597. The Kier molecular flexibility index (Phi) is 4.30. The van der Waals surface area contributed by atoms with E-state index in [-0.39, 0.29) is 0 Å². The molecule has 24 heavy (non-hydrogen) atoms. The van der Waals surface area contributed by atoms with Crippen molar-refractivity contribution in [3.63, 3.8) is 0 Å². The van der Waals surface area contributed by atoms with Crippen LogP contribution in [-0.4, -0.2) is 11.5 Å². The van der Waals surface area contributed by atoms with E-state index in [2.05, 4.69) is 35.4 Å². The predicted molar refractivity (Wildman–Crippen MR) is 103 cm³/mol. The van der Waals surface area contributed by atoms with Gasteiger partial charge in [-0.3, -0.25) is 0 Å². The molecule has 2 heterocycles. The number of thiazole rings is 1. The van der Waals surface area contributed by atoms with Crippen LogP contribution in [0.5, 0.6) is 0 Å². The van der Waals surface area contributed by atoms with Crippen molar-refractivity contribution in [2.24, 2.45) is 0 Å². The van der Waals surface area contributed by atoms with Gasteiger partial charge in [0.2, 0.25) is 0 Å². The maximum atomic E-state index is 6.30. The third kappa shape index (κ3) is 3.06. The molecule has 0 amide bonds. The second-order valence-corrected chi connectivity index (χ2v) is 7.55. The van der Waals surface area contributed by atoms with Gasteiger partial charge in [-0.25, -0.2) is 4.98 Å². The number of aryl methyl sites for hydroxylation is 2. The molecule has 0 saturated carbocycles. The van der Waals surface area contributed by atoms with Crippen molar-refractivity contribution >= 4 is 28.6 Å². The first kappa shape index (κ1) is 15.7. The average molecular weight is 355 g/mol. The van der Waals surface area contributed by atoms with Crippen LogP contribution in [0.15, 0.2) is 47.8 Å². The van der Waals surface area contributed by atoms with Crippen molar-refractivity contribution in [2.45, 2.75) is 26.3 Å². The molecule has 3 aromatic rings. The molecule has 2 aromatic carbocycles. The van der Waals surface area contributed by atoms with Crippen molar-refractivity contribution in [3.05, 3.63) is 69.7 Å². The first-order valence-corrected chi connectivity index (χ1v) is 9.50. The molecule has 0 aliphatic carbocycles. The van der Waals surface area contributed by atoms with E-state index in [0.29, 0.717) is 0 Å². The van der Waals surface area contributed by atoms with Crippen LogP contribution in [0, 0.1) is 6.92 Å². The SMILES string of the molecule is Cc1ccc2c(c1)CCCN2Cc1csc(-c2ccccc2Cl)n1. The molecule has 0 saturated heterocycles. The first-order chi connectivity index (χ1) is 11.7. The van der Waals surface area contributed by atoms with Crippen LogP contribution in [0.1, 0.15) is 23.2 Å². The zero-order chi connectivity index (χ0) is 16.5. The zero-order valence-corrected chi connectivity index (χ0v) is 15.2. The largest absolute Gasteiger partial charge is 0.365 e. The molecule has 4 heteroatoms. The molecule has 0 N–H and O–H groups in total. The fourth-order valence-electron chi connectivity index (χ4n) is 3.30. The minimum absolute atomic E-state index is 0.761. The van der Waals surface area contributed by atoms with E-state index in [4.69, 9.17) is 16.6 Å². The van der Waals surface area contributed by atoms with Gasteiger partial charge in [-0.2, -0.15) is 0 Å². The first-order valence-electron chi connectivity index (χ1n) is 8.24. The van der Waals surface area contributed by atoms with E-state index in [1.54, 1.807) is 11.3 Å². The number of fused-ring (bicyclic) bond motifs is 1. The number of halogens is 1. The summed E-state index contributed by atoms with van der Waals surface area (Å²) in [6.45, 7) is 4.11. The maximum Gasteiger partial charge on any atom is 0.125 e. The Morgan fingerprint density at radius 1 is 1.21 bits per heavy atom. The molecule has 0 atom stereocenters. The lowest BCUT2D eigenvalue weighted by Gasteiger charge is -2.31. The van der Waals surface area contributed by atoms with Crippen LogP contribution in [0.25, 0.3) is 10.6 Å². The van der Waals surface area contributed by atoms with Gasteiger partial charge in [0.05, 0.1) is 17.3 Å².